The van der Waals surface area contributed by atoms with Crippen LogP contribution in [0.3, 0.4) is 0 Å². The van der Waals surface area contributed by atoms with Crippen molar-refractivity contribution in [2.75, 3.05) is 0 Å². The maximum Gasteiger partial charge on any atom is 0.170 e. The summed E-state index contributed by atoms with van der Waals surface area (Å²) in [5.74, 6) is 0. The van der Waals surface area contributed by atoms with Gasteiger partial charge >= 0.3 is 0 Å². The molecule has 1 saturated carbocycles. The van der Waals surface area contributed by atoms with Crippen molar-refractivity contribution in [3.8, 4) is 5.69 Å². The largest absolute Gasteiger partial charge is 0.352 e. The van der Waals surface area contributed by atoms with E-state index < -0.39 is 0 Å². The van der Waals surface area contributed by atoms with Gasteiger partial charge in [-0.1, -0.05) is 25.3 Å². The number of hydrogen-bond donors (Lipinski definition) is 1. The van der Waals surface area contributed by atoms with Gasteiger partial charge < -0.3 is 14.8 Å². The Balaban J connectivity index is 1.61. The number of nitrogens with one attached hydrogen (secondary N) is 1. The highest BCUT2D eigenvalue weighted by molar-refractivity contribution is 7.80. The Morgan fingerprint density at radius 2 is 1.86 bits per heavy atom. The van der Waals surface area contributed by atoms with E-state index >= 15 is 0 Å². The second-order valence-electron chi connectivity index (χ2n) is 7.84. The second-order valence-corrected chi connectivity index (χ2v) is 8.23. The highest BCUT2D eigenvalue weighted by Gasteiger charge is 2.44. The lowest BCUT2D eigenvalue weighted by Crippen LogP contribution is -2.40. The Kier molecular flexibility index (Phi) is 5.02. The molecule has 4 heterocycles. The fourth-order valence-corrected chi connectivity index (χ4v) is 5.19. The maximum atomic E-state index is 5.87. The minimum absolute atomic E-state index is 0.0240. The van der Waals surface area contributed by atoms with Crippen molar-refractivity contribution in [2.45, 2.75) is 50.2 Å². The van der Waals surface area contributed by atoms with Crippen LogP contribution in [0.25, 0.3) is 5.69 Å². The molecule has 0 radical (unpaired) electrons. The zero-order valence-electron chi connectivity index (χ0n) is 16.3. The average Bonchev–Trinajstić information content (AvgIpc) is 3.40. The van der Waals surface area contributed by atoms with E-state index in [1.165, 1.54) is 37.8 Å². The molecular weight excluding hydrogens is 378 g/mol. The van der Waals surface area contributed by atoms with Crippen LogP contribution in [-0.2, 0) is 0 Å². The summed E-state index contributed by atoms with van der Waals surface area (Å²) in [5.41, 5.74) is 3.30. The molecule has 5 rings (SSSR count). The normalized spacial score (nSPS) is 22.6. The molecule has 2 aliphatic rings. The molecule has 1 aliphatic heterocycles. The van der Waals surface area contributed by atoms with E-state index in [1.54, 1.807) is 0 Å². The van der Waals surface area contributed by atoms with E-state index in [0.29, 0.717) is 6.04 Å². The summed E-state index contributed by atoms with van der Waals surface area (Å²) in [6.45, 7) is 0. The molecule has 1 aliphatic carbocycles. The van der Waals surface area contributed by atoms with Crippen LogP contribution in [0.4, 0.5) is 0 Å². The summed E-state index contributed by atoms with van der Waals surface area (Å²) in [6.07, 6.45) is 14.0. The van der Waals surface area contributed by atoms with Gasteiger partial charge in [-0.15, -0.1) is 0 Å². The van der Waals surface area contributed by atoms with E-state index in [1.807, 2.05) is 36.8 Å². The first-order valence-corrected chi connectivity index (χ1v) is 10.8. The molecule has 2 fully saturated rings. The van der Waals surface area contributed by atoms with Gasteiger partial charge in [-0.2, -0.15) is 0 Å². The Hall–Kier alpha value is -2.73. The first-order chi connectivity index (χ1) is 14.3. The average molecular weight is 404 g/mol. The van der Waals surface area contributed by atoms with Gasteiger partial charge in [-0.25, -0.2) is 0 Å². The summed E-state index contributed by atoms with van der Waals surface area (Å²) in [4.78, 5) is 11.4. The van der Waals surface area contributed by atoms with Crippen LogP contribution in [-0.4, -0.2) is 30.6 Å². The molecule has 1 N–H and O–H groups in total. The van der Waals surface area contributed by atoms with Crippen LogP contribution in [0.1, 0.15) is 55.6 Å². The molecule has 3 aromatic heterocycles. The molecule has 1 saturated heterocycles. The molecule has 5 nitrogen and oxygen atoms in total. The second kappa shape index (κ2) is 7.95. The quantitative estimate of drug-likeness (QED) is 0.647. The van der Waals surface area contributed by atoms with Crippen LogP contribution in [0.15, 0.2) is 67.3 Å². The third kappa shape index (κ3) is 3.42. The predicted octanol–water partition coefficient (Wildman–Crippen LogP) is 4.57. The summed E-state index contributed by atoms with van der Waals surface area (Å²) < 4.78 is 2.24. The monoisotopic (exact) mass is 403 g/mol. The van der Waals surface area contributed by atoms with Gasteiger partial charge in [0.2, 0.25) is 0 Å². The van der Waals surface area contributed by atoms with Crippen molar-refractivity contribution < 1.29 is 0 Å². The van der Waals surface area contributed by atoms with Crippen molar-refractivity contribution in [3.05, 3.63) is 78.6 Å². The van der Waals surface area contributed by atoms with Crippen LogP contribution in [0.5, 0.6) is 0 Å². The van der Waals surface area contributed by atoms with Crippen LogP contribution in [0, 0.1) is 0 Å². The zero-order chi connectivity index (χ0) is 19.6. The summed E-state index contributed by atoms with van der Waals surface area (Å²) in [5, 5.41) is 4.44. The Bertz CT molecular complexity index is 965. The Labute approximate surface area is 176 Å². The summed E-state index contributed by atoms with van der Waals surface area (Å²) >= 11 is 5.87. The molecule has 0 unspecified atom stereocenters. The number of aromatic nitrogens is 3. The maximum absolute atomic E-state index is 5.87. The van der Waals surface area contributed by atoms with Gasteiger partial charge in [0.25, 0.3) is 0 Å². The molecule has 0 aromatic carbocycles. The van der Waals surface area contributed by atoms with Gasteiger partial charge in [-0.3, -0.25) is 9.97 Å². The van der Waals surface area contributed by atoms with Crippen LogP contribution >= 0.6 is 12.2 Å². The van der Waals surface area contributed by atoms with E-state index in [2.05, 4.69) is 55.2 Å². The predicted molar refractivity (Wildman–Crippen MR) is 118 cm³/mol. The van der Waals surface area contributed by atoms with Gasteiger partial charge in [0, 0.05) is 30.3 Å². The lowest BCUT2D eigenvalue weighted by Gasteiger charge is -2.37. The molecule has 148 valence electrons. The third-order valence-electron chi connectivity index (χ3n) is 6.11. The van der Waals surface area contributed by atoms with Gasteiger partial charge in [-0.05, 0) is 61.5 Å². The Morgan fingerprint density at radius 1 is 0.966 bits per heavy atom. The van der Waals surface area contributed by atoms with Crippen molar-refractivity contribution in [2.24, 2.45) is 0 Å². The highest BCUT2D eigenvalue weighted by atomic mass is 32.1. The third-order valence-corrected chi connectivity index (χ3v) is 6.44. The van der Waals surface area contributed by atoms with E-state index in [-0.39, 0.29) is 12.1 Å². The molecule has 29 heavy (non-hydrogen) atoms. The molecule has 3 aromatic rings. The van der Waals surface area contributed by atoms with Crippen molar-refractivity contribution in [1.29, 1.82) is 0 Å². The molecule has 6 heteroatoms. The molecule has 0 bridgehead atoms. The highest BCUT2D eigenvalue weighted by Crippen LogP contribution is 2.42. The van der Waals surface area contributed by atoms with Gasteiger partial charge in [0.15, 0.2) is 5.11 Å². The minimum Gasteiger partial charge on any atom is -0.352 e. The van der Waals surface area contributed by atoms with Gasteiger partial charge in [0.1, 0.15) is 0 Å². The Morgan fingerprint density at radius 3 is 2.62 bits per heavy atom. The van der Waals surface area contributed by atoms with Crippen LogP contribution < -0.4 is 5.32 Å². The van der Waals surface area contributed by atoms with E-state index in [0.717, 1.165) is 16.5 Å². The molecule has 0 amide bonds. The van der Waals surface area contributed by atoms with E-state index in [9.17, 15) is 0 Å². The minimum atomic E-state index is 0.0240. The topological polar surface area (TPSA) is 46.0 Å². The number of rotatable bonds is 4. The SMILES string of the molecule is S=C1N[C@@H](c2ccccn2)[C@H](c2cccn2-c2cccnc2)N1C1CCCCC1. The lowest BCUT2D eigenvalue weighted by molar-refractivity contribution is 0.193. The van der Waals surface area contributed by atoms with Crippen molar-refractivity contribution in [3.63, 3.8) is 0 Å². The van der Waals surface area contributed by atoms with Crippen molar-refractivity contribution in [1.82, 2.24) is 24.8 Å². The van der Waals surface area contributed by atoms with Crippen LogP contribution in [0.2, 0.25) is 0 Å². The summed E-state index contributed by atoms with van der Waals surface area (Å²) in [6, 6.07) is 15.1. The number of thiocarbonyl (C=S) groups is 1. The fourth-order valence-electron chi connectivity index (χ4n) is 4.80. The van der Waals surface area contributed by atoms with Gasteiger partial charge in [0.05, 0.1) is 29.7 Å². The lowest BCUT2D eigenvalue weighted by atomic mass is 9.92. The molecular formula is C23H25N5S. The number of pyridine rings is 2. The zero-order valence-corrected chi connectivity index (χ0v) is 17.1. The molecule has 2 atom stereocenters. The standard InChI is InChI=1S/C23H25N5S/c29-23-26-21(19-11-4-5-14-25-19)22(28(23)17-8-2-1-3-9-17)20-12-7-15-27(20)18-10-6-13-24-16-18/h4-7,10-17,21-22H,1-3,8-9H2,(H,26,29)/t21-,22-/m0/s1. The first kappa shape index (κ1) is 18.3. The number of nitrogens with zero attached hydrogens (tertiary/aromatic N) is 4. The van der Waals surface area contributed by atoms with Crippen molar-refractivity contribution >= 4 is 17.3 Å². The number of hydrogen-bond acceptors (Lipinski definition) is 3. The molecule has 0 spiro atoms. The summed E-state index contributed by atoms with van der Waals surface area (Å²) in [7, 11) is 0. The van der Waals surface area contributed by atoms with E-state index in [4.69, 9.17) is 12.2 Å². The first-order valence-electron chi connectivity index (χ1n) is 10.4. The fraction of sp³-hybridized carbons (Fsp3) is 0.348. The smallest absolute Gasteiger partial charge is 0.170 e.